The molecular formula is C12H23N. The first-order valence-electron chi connectivity index (χ1n) is 5.69. The van der Waals surface area contributed by atoms with E-state index in [0.717, 1.165) is 12.0 Å². The zero-order chi connectivity index (χ0) is 9.68. The molecule has 0 aromatic heterocycles. The Balaban J connectivity index is 2.38. The van der Waals surface area contributed by atoms with Crippen molar-refractivity contribution in [2.45, 2.75) is 52.0 Å². The van der Waals surface area contributed by atoms with Gasteiger partial charge >= 0.3 is 0 Å². The van der Waals surface area contributed by atoms with Crippen LogP contribution in [0, 0.1) is 5.92 Å². The summed E-state index contributed by atoms with van der Waals surface area (Å²) >= 11 is 0. The fraction of sp³-hybridized carbons (Fsp3) is 0.833. The van der Waals surface area contributed by atoms with E-state index in [1.807, 2.05) is 0 Å². The summed E-state index contributed by atoms with van der Waals surface area (Å²) in [4.78, 5) is 2.39. The summed E-state index contributed by atoms with van der Waals surface area (Å²) in [5.41, 5.74) is 0. The van der Waals surface area contributed by atoms with E-state index >= 15 is 0 Å². The Kier molecular flexibility index (Phi) is 4.34. The summed E-state index contributed by atoms with van der Waals surface area (Å²) in [6.45, 7) is 4.56. The summed E-state index contributed by atoms with van der Waals surface area (Å²) in [5.74, 6) is 0.824. The van der Waals surface area contributed by atoms with Crippen LogP contribution in [0.4, 0.5) is 0 Å². The molecule has 0 fully saturated rings. The molecule has 76 valence electrons. The van der Waals surface area contributed by atoms with Crippen LogP contribution in [-0.4, -0.2) is 18.0 Å². The van der Waals surface area contributed by atoms with Crippen molar-refractivity contribution in [1.82, 2.24) is 4.90 Å². The molecule has 1 aliphatic rings. The second kappa shape index (κ2) is 5.31. The highest BCUT2D eigenvalue weighted by Gasteiger charge is 2.24. The van der Waals surface area contributed by atoms with Crippen LogP contribution in [0.2, 0.25) is 0 Å². The van der Waals surface area contributed by atoms with Gasteiger partial charge in [0.15, 0.2) is 0 Å². The molecule has 0 aromatic carbocycles. The largest absolute Gasteiger partial charge is 0.377 e. The third-order valence-corrected chi connectivity index (χ3v) is 3.06. The zero-order valence-corrected chi connectivity index (χ0v) is 9.29. The van der Waals surface area contributed by atoms with E-state index in [1.165, 1.54) is 32.1 Å². The van der Waals surface area contributed by atoms with Crippen molar-refractivity contribution in [3.8, 4) is 0 Å². The molecule has 1 heterocycles. The lowest BCUT2D eigenvalue weighted by Gasteiger charge is -2.26. The summed E-state index contributed by atoms with van der Waals surface area (Å²) in [6.07, 6.45) is 11.4. The summed E-state index contributed by atoms with van der Waals surface area (Å²) in [5, 5.41) is 0. The number of hydrogen-bond donors (Lipinski definition) is 0. The zero-order valence-electron chi connectivity index (χ0n) is 9.29. The first-order chi connectivity index (χ1) is 6.29. The van der Waals surface area contributed by atoms with Crippen molar-refractivity contribution in [1.29, 1.82) is 0 Å². The molecule has 0 aliphatic carbocycles. The molecule has 0 N–H and O–H groups in total. The minimum atomic E-state index is 0.788. The molecule has 1 aliphatic heterocycles. The van der Waals surface area contributed by atoms with E-state index in [4.69, 9.17) is 0 Å². The van der Waals surface area contributed by atoms with Crippen molar-refractivity contribution >= 4 is 0 Å². The SMILES string of the molecule is CCCC[C@H]1C=CN(C)[C@H]1CCC. The highest BCUT2D eigenvalue weighted by molar-refractivity contribution is 5.02. The minimum absolute atomic E-state index is 0.788. The Hall–Kier alpha value is -0.460. The molecule has 13 heavy (non-hydrogen) atoms. The Bertz CT molecular complexity index is 163. The summed E-state index contributed by atoms with van der Waals surface area (Å²) in [7, 11) is 2.21. The van der Waals surface area contributed by atoms with Crippen molar-refractivity contribution in [2.24, 2.45) is 5.92 Å². The lowest BCUT2D eigenvalue weighted by Crippen LogP contribution is -2.28. The third kappa shape index (κ3) is 2.75. The van der Waals surface area contributed by atoms with Gasteiger partial charge in [-0.15, -0.1) is 0 Å². The van der Waals surface area contributed by atoms with E-state index in [2.05, 4.69) is 38.1 Å². The molecule has 0 saturated heterocycles. The topological polar surface area (TPSA) is 3.24 Å². The molecule has 0 unspecified atom stereocenters. The smallest absolute Gasteiger partial charge is 0.0344 e. The van der Waals surface area contributed by atoms with Crippen LogP contribution in [0.15, 0.2) is 12.3 Å². The van der Waals surface area contributed by atoms with Crippen molar-refractivity contribution in [2.75, 3.05) is 7.05 Å². The third-order valence-electron chi connectivity index (χ3n) is 3.06. The van der Waals surface area contributed by atoms with Crippen LogP contribution >= 0.6 is 0 Å². The predicted octanol–water partition coefficient (Wildman–Crippen LogP) is 3.42. The number of nitrogens with zero attached hydrogens (tertiary/aromatic N) is 1. The van der Waals surface area contributed by atoms with E-state index in [-0.39, 0.29) is 0 Å². The second-order valence-electron chi connectivity index (χ2n) is 4.17. The van der Waals surface area contributed by atoms with Crippen LogP contribution < -0.4 is 0 Å². The van der Waals surface area contributed by atoms with Crippen molar-refractivity contribution in [3.63, 3.8) is 0 Å². The van der Waals surface area contributed by atoms with Gasteiger partial charge in [-0.1, -0.05) is 39.2 Å². The summed E-state index contributed by atoms with van der Waals surface area (Å²) in [6, 6.07) is 0.788. The van der Waals surface area contributed by atoms with Gasteiger partial charge in [0, 0.05) is 13.1 Å². The molecule has 2 atom stereocenters. The molecule has 0 amide bonds. The Morgan fingerprint density at radius 3 is 2.54 bits per heavy atom. The normalized spacial score (nSPS) is 27.2. The van der Waals surface area contributed by atoms with Gasteiger partial charge in [0.25, 0.3) is 0 Å². The van der Waals surface area contributed by atoms with Crippen LogP contribution in [0.5, 0.6) is 0 Å². The van der Waals surface area contributed by atoms with Crippen LogP contribution in [-0.2, 0) is 0 Å². The fourth-order valence-corrected chi connectivity index (χ4v) is 2.23. The average Bonchev–Trinajstić information content (AvgIpc) is 2.46. The van der Waals surface area contributed by atoms with E-state index < -0.39 is 0 Å². The molecule has 0 bridgehead atoms. The van der Waals surface area contributed by atoms with Crippen molar-refractivity contribution < 1.29 is 0 Å². The second-order valence-corrected chi connectivity index (χ2v) is 4.17. The number of rotatable bonds is 5. The van der Waals surface area contributed by atoms with Crippen LogP contribution in [0.25, 0.3) is 0 Å². The van der Waals surface area contributed by atoms with Gasteiger partial charge in [-0.3, -0.25) is 0 Å². The number of hydrogen-bond acceptors (Lipinski definition) is 1. The molecule has 0 aromatic rings. The maximum atomic E-state index is 2.40. The first-order valence-corrected chi connectivity index (χ1v) is 5.69. The van der Waals surface area contributed by atoms with Gasteiger partial charge in [0.1, 0.15) is 0 Å². The summed E-state index contributed by atoms with van der Waals surface area (Å²) < 4.78 is 0. The van der Waals surface area contributed by atoms with Gasteiger partial charge in [0.05, 0.1) is 0 Å². The first kappa shape index (κ1) is 10.6. The van der Waals surface area contributed by atoms with E-state index in [9.17, 15) is 0 Å². The maximum Gasteiger partial charge on any atom is 0.0344 e. The fourth-order valence-electron chi connectivity index (χ4n) is 2.23. The molecule has 1 heteroatoms. The minimum Gasteiger partial charge on any atom is -0.377 e. The van der Waals surface area contributed by atoms with Gasteiger partial charge < -0.3 is 4.90 Å². The maximum absolute atomic E-state index is 2.40. The van der Waals surface area contributed by atoms with Gasteiger partial charge in [-0.25, -0.2) is 0 Å². The Morgan fingerprint density at radius 2 is 1.92 bits per heavy atom. The predicted molar refractivity (Wildman–Crippen MR) is 58.6 cm³/mol. The lowest BCUT2D eigenvalue weighted by molar-refractivity contribution is 0.268. The standard InChI is InChI=1S/C12H23N/c1-4-6-8-11-9-10-13(3)12(11)7-5-2/h9-12H,4-8H2,1-3H3/t11-,12-/m0/s1. The number of unbranched alkanes of at least 4 members (excludes halogenated alkanes) is 1. The van der Waals surface area contributed by atoms with Gasteiger partial charge in [-0.2, -0.15) is 0 Å². The Labute approximate surface area is 82.8 Å². The molecular weight excluding hydrogens is 158 g/mol. The monoisotopic (exact) mass is 181 g/mol. The van der Waals surface area contributed by atoms with Crippen molar-refractivity contribution in [3.05, 3.63) is 12.3 Å². The molecule has 1 nitrogen and oxygen atoms in total. The van der Waals surface area contributed by atoms with Crippen LogP contribution in [0.3, 0.4) is 0 Å². The molecule has 0 radical (unpaired) electrons. The van der Waals surface area contributed by atoms with Crippen LogP contribution in [0.1, 0.15) is 46.0 Å². The quantitative estimate of drug-likeness (QED) is 0.628. The average molecular weight is 181 g/mol. The highest BCUT2D eigenvalue weighted by Crippen LogP contribution is 2.27. The van der Waals surface area contributed by atoms with E-state index in [1.54, 1.807) is 0 Å². The molecule has 0 saturated carbocycles. The lowest BCUT2D eigenvalue weighted by atomic mass is 9.93. The van der Waals surface area contributed by atoms with Gasteiger partial charge in [-0.05, 0) is 25.0 Å². The molecule has 1 rings (SSSR count). The highest BCUT2D eigenvalue weighted by atomic mass is 15.1. The van der Waals surface area contributed by atoms with E-state index in [0.29, 0.717) is 0 Å². The van der Waals surface area contributed by atoms with Gasteiger partial charge in [0.2, 0.25) is 0 Å². The Morgan fingerprint density at radius 1 is 1.15 bits per heavy atom. The molecule has 0 spiro atoms.